The number of ether oxygens (including phenoxy) is 2. The molecule has 186 valence electrons. The first-order chi connectivity index (χ1) is 18.0. The number of halogens is 1. The molecule has 4 heterocycles. The van der Waals surface area contributed by atoms with Gasteiger partial charge in [0.1, 0.15) is 24.6 Å². The Balaban J connectivity index is 1.34. The van der Waals surface area contributed by atoms with Gasteiger partial charge in [-0.2, -0.15) is 14.3 Å². The second-order valence-corrected chi connectivity index (χ2v) is 8.72. The minimum Gasteiger partial charge on any atom is -0.493 e. The van der Waals surface area contributed by atoms with Crippen LogP contribution in [-0.4, -0.2) is 42.6 Å². The van der Waals surface area contributed by atoms with Crippen molar-refractivity contribution >= 4 is 17.4 Å². The summed E-state index contributed by atoms with van der Waals surface area (Å²) < 4.78 is 28.2. The zero-order valence-electron chi connectivity index (χ0n) is 20.1. The maximum absolute atomic E-state index is 13.5. The maximum atomic E-state index is 13.5. The van der Waals surface area contributed by atoms with E-state index in [1.807, 2.05) is 19.1 Å². The highest BCUT2D eigenvalue weighted by molar-refractivity contribution is 5.95. The topological polar surface area (TPSA) is 108 Å². The lowest BCUT2D eigenvalue weighted by molar-refractivity contribution is -0.116. The van der Waals surface area contributed by atoms with Gasteiger partial charge in [-0.15, -0.1) is 15.3 Å². The van der Waals surface area contributed by atoms with Gasteiger partial charge in [0.05, 0.1) is 12.8 Å². The highest BCUT2D eigenvalue weighted by atomic mass is 19.1. The van der Waals surface area contributed by atoms with E-state index < -0.39 is 0 Å². The summed E-state index contributed by atoms with van der Waals surface area (Å²) in [5, 5.41) is 20.0. The Morgan fingerprint density at radius 1 is 1.11 bits per heavy atom. The summed E-state index contributed by atoms with van der Waals surface area (Å²) in [5.41, 5.74) is 3.88. The lowest BCUT2D eigenvalue weighted by Gasteiger charge is -2.25. The number of aryl methyl sites for hydroxylation is 1. The van der Waals surface area contributed by atoms with Gasteiger partial charge in [-0.25, -0.2) is 4.39 Å². The zero-order valence-corrected chi connectivity index (χ0v) is 20.1. The Hall–Kier alpha value is -4.80. The minimum atomic E-state index is -0.317. The Labute approximate surface area is 210 Å². The van der Waals surface area contributed by atoms with Gasteiger partial charge in [0, 0.05) is 17.9 Å². The summed E-state index contributed by atoms with van der Waals surface area (Å²) in [6, 6.07) is 15.4. The Morgan fingerprint density at radius 2 is 2.00 bits per heavy atom. The molecule has 0 aliphatic carbocycles. The molecule has 0 unspecified atom stereocenters. The molecule has 11 heteroatoms. The van der Waals surface area contributed by atoms with Crippen molar-refractivity contribution in [2.45, 2.75) is 25.9 Å². The molecule has 1 atom stereocenters. The van der Waals surface area contributed by atoms with Crippen molar-refractivity contribution in [3.05, 3.63) is 89.1 Å². The minimum absolute atomic E-state index is 0.130. The number of nitrogens with one attached hydrogen (secondary N) is 1. The van der Waals surface area contributed by atoms with E-state index in [1.54, 1.807) is 46.6 Å². The zero-order chi connectivity index (χ0) is 25.5. The van der Waals surface area contributed by atoms with E-state index in [-0.39, 0.29) is 30.7 Å². The molecule has 1 aliphatic heterocycles. The summed E-state index contributed by atoms with van der Waals surface area (Å²) in [5.74, 6) is 1.45. The molecule has 1 aliphatic rings. The molecule has 6 rings (SSSR count). The van der Waals surface area contributed by atoms with Crippen molar-refractivity contribution in [2.75, 3.05) is 12.4 Å². The van der Waals surface area contributed by atoms with E-state index in [2.05, 4.69) is 20.6 Å². The van der Waals surface area contributed by atoms with Crippen LogP contribution in [0.3, 0.4) is 0 Å². The van der Waals surface area contributed by atoms with Gasteiger partial charge in [-0.3, -0.25) is 4.79 Å². The lowest BCUT2D eigenvalue weighted by Crippen LogP contribution is -2.25. The molecule has 0 bridgehead atoms. The number of fused-ring (bicyclic) bond motifs is 2. The van der Waals surface area contributed by atoms with E-state index in [0.717, 1.165) is 16.8 Å². The number of anilines is 1. The predicted octanol–water partition coefficient (Wildman–Crippen LogP) is 3.82. The SMILES string of the molecule is COc1cc([C@@H]2CC(=O)Nc3c2c(C)nn3-c2ccc3nncn3n2)ccc1OCc1cccc(F)c1. The number of carbonyl (C=O) groups excluding carboxylic acids is 1. The van der Waals surface area contributed by atoms with E-state index >= 15 is 0 Å². The molecule has 0 saturated heterocycles. The maximum Gasteiger partial charge on any atom is 0.226 e. The van der Waals surface area contributed by atoms with Crippen molar-refractivity contribution in [2.24, 2.45) is 0 Å². The van der Waals surface area contributed by atoms with Gasteiger partial charge >= 0.3 is 0 Å². The third-order valence-electron chi connectivity index (χ3n) is 6.34. The first-order valence-electron chi connectivity index (χ1n) is 11.6. The van der Waals surface area contributed by atoms with Crippen molar-refractivity contribution in [1.29, 1.82) is 0 Å². The molecule has 0 saturated carbocycles. The normalized spacial score (nSPS) is 14.9. The fraction of sp³-hybridized carbons (Fsp3) is 0.192. The van der Waals surface area contributed by atoms with Crippen molar-refractivity contribution in [1.82, 2.24) is 29.6 Å². The van der Waals surface area contributed by atoms with Gasteiger partial charge in [-0.1, -0.05) is 18.2 Å². The van der Waals surface area contributed by atoms with Crippen LogP contribution in [0.5, 0.6) is 11.5 Å². The molecule has 0 fully saturated rings. The van der Waals surface area contributed by atoms with Gasteiger partial charge in [0.2, 0.25) is 5.91 Å². The molecule has 1 amide bonds. The molecule has 2 aromatic carbocycles. The average molecular weight is 500 g/mol. The first-order valence-corrected chi connectivity index (χ1v) is 11.6. The van der Waals surface area contributed by atoms with Gasteiger partial charge in [0.15, 0.2) is 23.0 Å². The van der Waals surface area contributed by atoms with Crippen LogP contribution in [0, 0.1) is 12.7 Å². The largest absolute Gasteiger partial charge is 0.493 e. The second-order valence-electron chi connectivity index (χ2n) is 8.72. The van der Waals surface area contributed by atoms with Gasteiger partial charge < -0.3 is 14.8 Å². The quantitative estimate of drug-likeness (QED) is 0.378. The summed E-state index contributed by atoms with van der Waals surface area (Å²) in [6.07, 6.45) is 1.76. The average Bonchev–Trinajstić information content (AvgIpc) is 3.50. The summed E-state index contributed by atoms with van der Waals surface area (Å²) in [4.78, 5) is 12.8. The van der Waals surface area contributed by atoms with E-state index in [9.17, 15) is 9.18 Å². The molecule has 5 aromatic rings. The van der Waals surface area contributed by atoms with Crippen LogP contribution in [0.25, 0.3) is 11.5 Å². The van der Waals surface area contributed by atoms with Crippen LogP contribution < -0.4 is 14.8 Å². The van der Waals surface area contributed by atoms with Crippen molar-refractivity contribution < 1.29 is 18.7 Å². The van der Waals surface area contributed by atoms with Crippen LogP contribution in [0.1, 0.15) is 34.7 Å². The van der Waals surface area contributed by atoms with Crippen LogP contribution >= 0.6 is 0 Å². The Morgan fingerprint density at radius 3 is 2.84 bits per heavy atom. The fourth-order valence-electron chi connectivity index (χ4n) is 4.64. The standard InChI is InChI=1S/C26H22FN7O3/c1-15-25-19(17-6-7-20(21(11-17)36-2)37-13-16-4-3-5-18(27)10-16)12-24(35)29-26(25)34(31-15)23-9-8-22-30-28-14-33(22)32-23/h3-11,14,19H,12-13H2,1-2H3,(H,29,35)/t19-/m0/s1. The van der Waals surface area contributed by atoms with Crippen LogP contribution in [0.2, 0.25) is 0 Å². The molecular formula is C26H22FN7O3. The molecule has 0 spiro atoms. The third-order valence-corrected chi connectivity index (χ3v) is 6.34. The highest BCUT2D eigenvalue weighted by Gasteiger charge is 2.33. The molecule has 0 radical (unpaired) electrons. The van der Waals surface area contributed by atoms with Crippen LogP contribution in [0.15, 0.2) is 60.9 Å². The fourth-order valence-corrected chi connectivity index (χ4v) is 4.64. The molecule has 10 nitrogen and oxygen atoms in total. The van der Waals surface area contributed by atoms with E-state index in [0.29, 0.717) is 34.3 Å². The first kappa shape index (κ1) is 22.7. The van der Waals surface area contributed by atoms with Crippen LogP contribution in [0.4, 0.5) is 10.2 Å². The number of carbonyl (C=O) groups is 1. The van der Waals surface area contributed by atoms with Crippen LogP contribution in [-0.2, 0) is 11.4 Å². The van der Waals surface area contributed by atoms with Gasteiger partial charge in [-0.05, 0) is 54.4 Å². The number of rotatable bonds is 6. The summed E-state index contributed by atoms with van der Waals surface area (Å²) in [6.45, 7) is 2.10. The van der Waals surface area contributed by atoms with Gasteiger partial charge in [0.25, 0.3) is 0 Å². The van der Waals surface area contributed by atoms with Crippen molar-refractivity contribution in [3.8, 4) is 17.3 Å². The monoisotopic (exact) mass is 499 g/mol. The highest BCUT2D eigenvalue weighted by Crippen LogP contribution is 2.42. The third kappa shape index (κ3) is 4.14. The summed E-state index contributed by atoms with van der Waals surface area (Å²) in [7, 11) is 1.56. The molecule has 3 aromatic heterocycles. The van der Waals surface area contributed by atoms with E-state index in [4.69, 9.17) is 14.6 Å². The van der Waals surface area contributed by atoms with Crippen molar-refractivity contribution in [3.63, 3.8) is 0 Å². The number of hydrogen-bond donors (Lipinski definition) is 1. The number of aromatic nitrogens is 6. The Kier molecular flexibility index (Phi) is 5.52. The smallest absolute Gasteiger partial charge is 0.226 e. The Bertz CT molecular complexity index is 1640. The predicted molar refractivity (Wildman–Crippen MR) is 131 cm³/mol. The summed E-state index contributed by atoms with van der Waals surface area (Å²) >= 11 is 0. The lowest BCUT2D eigenvalue weighted by atomic mass is 9.85. The number of methoxy groups -OCH3 is 1. The number of nitrogens with zero attached hydrogens (tertiary/aromatic N) is 6. The number of amides is 1. The number of benzene rings is 2. The van der Waals surface area contributed by atoms with E-state index in [1.165, 1.54) is 18.5 Å². The molecule has 1 N–H and O–H groups in total. The number of hydrogen-bond acceptors (Lipinski definition) is 7. The second kappa shape index (κ2) is 9.01. The molecular weight excluding hydrogens is 477 g/mol. The molecule has 37 heavy (non-hydrogen) atoms.